The number of aliphatic hydroxyl groups is 2. The third-order valence-corrected chi connectivity index (χ3v) is 14.9. The van der Waals surface area contributed by atoms with Crippen molar-refractivity contribution in [3.8, 4) is 0 Å². The molecule has 37 heteroatoms. The van der Waals surface area contributed by atoms with Crippen LogP contribution in [0.5, 0.6) is 0 Å². The molecule has 0 saturated carbocycles. The Bertz CT molecular complexity index is 3030. The standard InChI is InChI=1S/C62H102N22O15/c1-34(75-48(88)32-74-60(99)49(37(4)86)84-58(97)45(30-39-19-9-6-10-20-39)82-52(91)35(2)76-47(87)31-73-54(93)40(65)29-38-17-7-5-8-18-38)51(90)79-44(24-16-28-72-62(69)70)56(95)81-42(22-12-14-26-64)57(96)83-46(33-85)59(98)77-36(3)53(92)80-43(23-15-27-71-61(67)68)55(94)78-41(50(66)89)21-11-13-25-63/h5-10,17-20,34-37,40-46,49,85-86H,11-16,21-33,63-65H2,1-4H3,(H2,66,89)(H,73,93)(H,74,99)(H,75,88)(H,76,87)(H,77,98)(H,78,94)(H,79,90)(H,80,92)(H,81,95)(H,82,91)(H,83,96)(H,84,97)(H4,67,68,71)(H4,69,70,72)/t34-,35-,36-,37+,40-,41-,42-,43-,44-,45-,46-,49-/m0/s1. The highest BCUT2D eigenvalue weighted by Crippen LogP contribution is 2.10. The van der Waals surface area contributed by atoms with E-state index in [1.165, 1.54) is 27.7 Å². The molecule has 0 bridgehead atoms. The number of hydrogen-bond donors (Lipinski definition) is 22. The minimum Gasteiger partial charge on any atom is -0.394 e. The lowest BCUT2D eigenvalue weighted by Gasteiger charge is -2.26. The molecule has 0 aliphatic carbocycles. The summed E-state index contributed by atoms with van der Waals surface area (Å²) < 4.78 is 0. The molecule has 550 valence electrons. The molecule has 0 unspecified atom stereocenters. The van der Waals surface area contributed by atoms with Crippen LogP contribution in [0.4, 0.5) is 0 Å². The summed E-state index contributed by atoms with van der Waals surface area (Å²) >= 11 is 0. The number of nitrogens with zero attached hydrogens (tertiary/aromatic N) is 2. The summed E-state index contributed by atoms with van der Waals surface area (Å²) in [6.07, 6.45) is 0.220. The number of nitrogens with two attached hydrogens (primary N) is 8. The van der Waals surface area contributed by atoms with Crippen LogP contribution in [0.3, 0.4) is 0 Å². The summed E-state index contributed by atoms with van der Waals surface area (Å²) in [6.45, 7) is 3.18. The van der Waals surface area contributed by atoms with E-state index >= 15 is 0 Å². The molecule has 0 spiro atoms. The van der Waals surface area contributed by atoms with Crippen molar-refractivity contribution in [2.45, 2.75) is 177 Å². The van der Waals surface area contributed by atoms with Crippen LogP contribution in [0.2, 0.25) is 0 Å². The predicted molar refractivity (Wildman–Crippen MR) is 364 cm³/mol. The van der Waals surface area contributed by atoms with Gasteiger partial charge < -0.3 is 120 Å². The number of benzene rings is 2. The molecule has 2 aromatic carbocycles. The van der Waals surface area contributed by atoms with Crippen molar-refractivity contribution >= 4 is 88.7 Å². The van der Waals surface area contributed by atoms with Gasteiger partial charge in [-0.2, -0.15) is 0 Å². The van der Waals surface area contributed by atoms with E-state index < -0.39 is 169 Å². The van der Waals surface area contributed by atoms with Crippen molar-refractivity contribution < 1.29 is 72.5 Å². The van der Waals surface area contributed by atoms with Gasteiger partial charge >= 0.3 is 0 Å². The third kappa shape index (κ3) is 34.1. The van der Waals surface area contributed by atoms with E-state index in [2.05, 4.69) is 73.8 Å². The fourth-order valence-electron chi connectivity index (χ4n) is 9.34. The number of guanidine groups is 2. The molecular weight excluding hydrogens is 1290 g/mol. The van der Waals surface area contributed by atoms with Crippen LogP contribution in [0.15, 0.2) is 70.6 Å². The second-order valence-electron chi connectivity index (χ2n) is 23.4. The molecule has 2 aromatic rings. The highest BCUT2D eigenvalue weighted by atomic mass is 16.3. The summed E-state index contributed by atoms with van der Waals surface area (Å²) in [4.78, 5) is 182. The number of amides is 13. The third-order valence-electron chi connectivity index (χ3n) is 14.9. The Kier molecular flexibility index (Phi) is 39.6. The maximum atomic E-state index is 14.1. The maximum Gasteiger partial charge on any atom is 0.245 e. The van der Waals surface area contributed by atoms with E-state index in [0.717, 1.165) is 5.56 Å². The lowest BCUT2D eigenvalue weighted by molar-refractivity contribution is -0.136. The Morgan fingerprint density at radius 1 is 0.404 bits per heavy atom. The van der Waals surface area contributed by atoms with Gasteiger partial charge in [-0.15, -0.1) is 0 Å². The van der Waals surface area contributed by atoms with Crippen LogP contribution in [0, 0.1) is 0 Å². The summed E-state index contributed by atoms with van der Waals surface area (Å²) in [5, 5.41) is 50.3. The highest BCUT2D eigenvalue weighted by Gasteiger charge is 2.35. The fraction of sp³-hybridized carbons (Fsp3) is 0.565. The van der Waals surface area contributed by atoms with Gasteiger partial charge in [0.15, 0.2) is 11.9 Å². The van der Waals surface area contributed by atoms with Crippen molar-refractivity contribution in [3.63, 3.8) is 0 Å². The van der Waals surface area contributed by atoms with E-state index in [4.69, 9.17) is 45.9 Å². The van der Waals surface area contributed by atoms with Gasteiger partial charge in [-0.05, 0) is 123 Å². The van der Waals surface area contributed by atoms with Crippen molar-refractivity contribution in [1.29, 1.82) is 0 Å². The molecule has 0 radical (unpaired) electrons. The van der Waals surface area contributed by atoms with E-state index in [-0.39, 0.29) is 89.3 Å². The molecule has 0 aliphatic rings. The lowest BCUT2D eigenvalue weighted by Crippen LogP contribution is -2.60. The molecule has 0 heterocycles. The minimum absolute atomic E-state index is 0.0257. The van der Waals surface area contributed by atoms with Gasteiger partial charge in [0.05, 0.1) is 31.8 Å². The first-order chi connectivity index (χ1) is 46.9. The normalized spacial score (nSPS) is 14.5. The van der Waals surface area contributed by atoms with Crippen LogP contribution < -0.4 is 110 Å². The molecule has 12 atom stereocenters. The van der Waals surface area contributed by atoms with Crippen molar-refractivity contribution in [3.05, 3.63) is 71.8 Å². The quantitative estimate of drug-likeness (QED) is 0.0166. The molecule has 0 aliphatic heterocycles. The predicted octanol–water partition coefficient (Wildman–Crippen LogP) is -8.84. The number of nitrogens with one attached hydrogen (secondary N) is 12. The largest absolute Gasteiger partial charge is 0.394 e. The Morgan fingerprint density at radius 3 is 1.17 bits per heavy atom. The SMILES string of the molecule is C[C@H](NC(=O)CNC(=O)[C@@H](NC(=O)[C@H](Cc1ccccc1)NC(=O)[C@H](C)NC(=O)CNC(=O)[C@@H](N)Cc1ccccc1)[C@@H](C)O)C(=O)N[C@@H](CCCN=C(N)N)C(=O)N[C@@H](CCCCN)C(=O)N[C@@H](CO)C(=O)N[C@@H](C)C(=O)N[C@@H](CCCN=C(N)N)C(=O)N[C@@H](CCCCN)C(N)=O. The lowest BCUT2D eigenvalue weighted by atomic mass is 10.0. The monoisotopic (exact) mass is 1390 g/mol. The topological polar surface area (TPSA) is 640 Å². The molecule has 0 saturated heterocycles. The van der Waals surface area contributed by atoms with Gasteiger partial charge in [0.2, 0.25) is 76.8 Å². The van der Waals surface area contributed by atoms with Crippen molar-refractivity contribution in [2.24, 2.45) is 55.9 Å². The van der Waals surface area contributed by atoms with Crippen molar-refractivity contribution in [1.82, 2.24) is 63.8 Å². The number of unbranched alkanes of at least 4 members (excludes halogenated alkanes) is 2. The number of carbonyl (C=O) groups is 13. The first kappa shape index (κ1) is 85.0. The van der Waals surface area contributed by atoms with Gasteiger partial charge in [0, 0.05) is 19.5 Å². The number of carbonyl (C=O) groups excluding carboxylic acids is 13. The summed E-state index contributed by atoms with van der Waals surface area (Å²) in [7, 11) is 0. The number of hydrogen-bond acceptors (Lipinski definition) is 20. The molecule has 0 fully saturated rings. The van der Waals surface area contributed by atoms with Gasteiger partial charge in [-0.3, -0.25) is 72.3 Å². The van der Waals surface area contributed by atoms with E-state index in [1.807, 2.05) is 6.07 Å². The first-order valence-corrected chi connectivity index (χ1v) is 32.4. The van der Waals surface area contributed by atoms with Gasteiger partial charge in [-0.25, -0.2) is 0 Å². The van der Waals surface area contributed by atoms with Crippen LogP contribution in [-0.2, 0) is 75.2 Å². The first-order valence-electron chi connectivity index (χ1n) is 32.4. The Hall–Kier alpha value is -10.1. The summed E-state index contributed by atoms with van der Waals surface area (Å²) in [5.41, 5.74) is 46.0. The molecule has 37 nitrogen and oxygen atoms in total. The zero-order valence-electron chi connectivity index (χ0n) is 56.4. The number of aliphatic imine (C=N–C) groups is 2. The van der Waals surface area contributed by atoms with Crippen LogP contribution in [0.25, 0.3) is 0 Å². The van der Waals surface area contributed by atoms with E-state index in [0.29, 0.717) is 31.4 Å². The van der Waals surface area contributed by atoms with E-state index in [9.17, 15) is 72.5 Å². The van der Waals surface area contributed by atoms with Crippen LogP contribution >= 0.6 is 0 Å². The molecule has 0 aromatic heterocycles. The Balaban J connectivity index is 2.19. The van der Waals surface area contributed by atoms with Gasteiger partial charge in [0.25, 0.3) is 0 Å². The molecule has 99 heavy (non-hydrogen) atoms. The van der Waals surface area contributed by atoms with Crippen LogP contribution in [-0.4, -0.2) is 217 Å². The zero-order valence-corrected chi connectivity index (χ0v) is 56.4. The average Bonchev–Trinajstić information content (AvgIpc) is 0.881. The second kappa shape index (κ2) is 46.2. The zero-order chi connectivity index (χ0) is 74.1. The minimum atomic E-state index is -1.73. The van der Waals surface area contributed by atoms with E-state index in [1.54, 1.807) is 54.6 Å². The molecule has 2 rings (SSSR count). The summed E-state index contributed by atoms with van der Waals surface area (Å²) in [6, 6.07) is 2.15. The van der Waals surface area contributed by atoms with Crippen molar-refractivity contribution in [2.75, 3.05) is 45.9 Å². The fourth-order valence-corrected chi connectivity index (χ4v) is 9.34. The Morgan fingerprint density at radius 2 is 0.758 bits per heavy atom. The van der Waals surface area contributed by atoms with Gasteiger partial charge in [-0.1, -0.05) is 60.7 Å². The Labute approximate surface area is 574 Å². The maximum absolute atomic E-state index is 14.1. The van der Waals surface area contributed by atoms with Crippen LogP contribution in [0.1, 0.15) is 103 Å². The average molecular weight is 1400 g/mol. The smallest absolute Gasteiger partial charge is 0.245 e. The number of rotatable bonds is 47. The second-order valence-corrected chi connectivity index (χ2v) is 23.4. The molecular formula is C62H102N22O15. The summed E-state index contributed by atoms with van der Waals surface area (Å²) in [5.74, 6) is -12.1. The number of aliphatic hydroxyl groups excluding tert-OH is 2. The van der Waals surface area contributed by atoms with Gasteiger partial charge in [0.1, 0.15) is 60.4 Å². The molecule has 30 N–H and O–H groups in total. The number of primary amides is 1. The highest BCUT2D eigenvalue weighted by molar-refractivity contribution is 5.99. The molecule has 13 amide bonds.